The van der Waals surface area contributed by atoms with Gasteiger partial charge in [0.05, 0.1) is 0 Å². The highest BCUT2D eigenvalue weighted by Crippen LogP contribution is 2.31. The molecule has 2 aliphatic rings. The Kier molecular flexibility index (Phi) is 4.82. The molecule has 0 aliphatic carbocycles. The van der Waals surface area contributed by atoms with E-state index in [0.717, 1.165) is 45.1 Å². The average molecular weight is 331 g/mol. The maximum absolute atomic E-state index is 12.8. The molecule has 2 saturated heterocycles. The summed E-state index contributed by atoms with van der Waals surface area (Å²) in [4.78, 5) is 8.02. The number of rotatable bonds is 2. The molecule has 0 N–H and O–H groups in total. The highest BCUT2D eigenvalue weighted by atomic mass is 32.2. The highest BCUT2D eigenvalue weighted by Gasteiger charge is 2.33. The molecule has 2 fully saturated rings. The number of nitrogens with zero attached hydrogens (tertiary/aromatic N) is 3. The van der Waals surface area contributed by atoms with Crippen LogP contribution in [0.2, 0.25) is 0 Å². The molecule has 0 spiro atoms. The van der Waals surface area contributed by atoms with Crippen LogP contribution < -0.4 is 4.90 Å². The predicted molar refractivity (Wildman–Crippen MR) is 83.4 cm³/mol. The normalized spacial score (nSPS) is 22.0. The van der Waals surface area contributed by atoms with Crippen LogP contribution in [0.1, 0.15) is 18.5 Å². The minimum absolute atomic E-state index is 0.584. The second-order valence-corrected chi connectivity index (χ2v) is 6.99. The first-order valence-electron chi connectivity index (χ1n) is 7.64. The Hall–Kier alpha value is -0.950. The summed E-state index contributed by atoms with van der Waals surface area (Å²) in [7, 11) is 0. The van der Waals surface area contributed by atoms with E-state index in [-0.39, 0.29) is 0 Å². The molecular formula is C15H20F3N3S. The van der Waals surface area contributed by atoms with Crippen molar-refractivity contribution in [3.63, 3.8) is 0 Å². The lowest BCUT2D eigenvalue weighted by Gasteiger charge is -2.40. The number of anilines is 1. The lowest BCUT2D eigenvalue weighted by Crippen LogP contribution is -2.47. The lowest BCUT2D eigenvalue weighted by atomic mass is 10.0. The number of halogens is 3. The number of aromatic nitrogens is 1. The molecular weight excluding hydrogens is 311 g/mol. The Morgan fingerprint density at radius 1 is 1.09 bits per heavy atom. The van der Waals surface area contributed by atoms with Gasteiger partial charge in [-0.2, -0.15) is 24.9 Å². The Morgan fingerprint density at radius 3 is 2.41 bits per heavy atom. The van der Waals surface area contributed by atoms with E-state index in [1.165, 1.54) is 17.7 Å². The van der Waals surface area contributed by atoms with Gasteiger partial charge in [0.1, 0.15) is 5.69 Å². The van der Waals surface area contributed by atoms with E-state index in [9.17, 15) is 13.2 Å². The average Bonchev–Trinajstić information content (AvgIpc) is 2.55. The molecule has 0 radical (unpaired) electrons. The zero-order valence-electron chi connectivity index (χ0n) is 12.4. The van der Waals surface area contributed by atoms with E-state index >= 15 is 0 Å². The molecule has 0 unspecified atom stereocenters. The summed E-state index contributed by atoms with van der Waals surface area (Å²) in [6.07, 6.45) is -1.07. The first-order chi connectivity index (χ1) is 10.5. The van der Waals surface area contributed by atoms with Gasteiger partial charge in [0.15, 0.2) is 0 Å². The minimum Gasteiger partial charge on any atom is -0.371 e. The molecule has 7 heteroatoms. The van der Waals surface area contributed by atoms with Crippen molar-refractivity contribution < 1.29 is 13.2 Å². The van der Waals surface area contributed by atoms with Crippen molar-refractivity contribution in [3.05, 3.63) is 24.0 Å². The number of thioether (sulfide) groups is 1. The quantitative estimate of drug-likeness (QED) is 0.829. The molecule has 0 saturated carbocycles. The van der Waals surface area contributed by atoms with Crippen molar-refractivity contribution >= 4 is 17.4 Å². The van der Waals surface area contributed by atoms with Gasteiger partial charge in [-0.25, -0.2) is 0 Å². The van der Waals surface area contributed by atoms with Crippen LogP contribution in [0.25, 0.3) is 0 Å². The summed E-state index contributed by atoms with van der Waals surface area (Å²) < 4.78 is 38.3. The van der Waals surface area contributed by atoms with E-state index in [0.29, 0.717) is 11.7 Å². The molecule has 3 heterocycles. The first kappa shape index (κ1) is 15.9. The maximum atomic E-state index is 12.8. The number of hydrogen-bond acceptors (Lipinski definition) is 4. The minimum atomic E-state index is -4.38. The summed E-state index contributed by atoms with van der Waals surface area (Å²) in [5, 5.41) is 0. The molecule has 1 aromatic rings. The number of piperidine rings is 1. The molecule has 0 atom stereocenters. The fraction of sp³-hybridized carbons (Fsp3) is 0.667. The van der Waals surface area contributed by atoms with Crippen LogP contribution >= 0.6 is 11.8 Å². The SMILES string of the molecule is FC(F)(F)c1cc(N2CCC(N3CCSCC3)CC2)ccn1. The molecule has 122 valence electrons. The van der Waals surface area contributed by atoms with Gasteiger partial charge in [0.25, 0.3) is 0 Å². The second-order valence-electron chi connectivity index (χ2n) is 5.76. The fourth-order valence-corrected chi connectivity index (χ4v) is 4.13. The topological polar surface area (TPSA) is 19.4 Å². The van der Waals surface area contributed by atoms with Crippen LogP contribution in [0.3, 0.4) is 0 Å². The van der Waals surface area contributed by atoms with Crippen molar-refractivity contribution in [2.24, 2.45) is 0 Å². The lowest BCUT2D eigenvalue weighted by molar-refractivity contribution is -0.141. The Morgan fingerprint density at radius 2 is 1.77 bits per heavy atom. The van der Waals surface area contributed by atoms with Crippen molar-refractivity contribution in [2.75, 3.05) is 42.6 Å². The van der Waals surface area contributed by atoms with Crippen molar-refractivity contribution in [1.82, 2.24) is 9.88 Å². The van der Waals surface area contributed by atoms with E-state index < -0.39 is 11.9 Å². The summed E-state index contributed by atoms with van der Waals surface area (Å²) in [6.45, 7) is 3.91. The molecule has 3 nitrogen and oxygen atoms in total. The summed E-state index contributed by atoms with van der Waals surface area (Å²) in [6, 6.07) is 3.42. The van der Waals surface area contributed by atoms with Gasteiger partial charge in [-0.05, 0) is 25.0 Å². The number of hydrogen-bond donors (Lipinski definition) is 0. The van der Waals surface area contributed by atoms with Crippen LogP contribution in [0.15, 0.2) is 18.3 Å². The van der Waals surface area contributed by atoms with Gasteiger partial charge in [0, 0.05) is 55.6 Å². The van der Waals surface area contributed by atoms with Gasteiger partial charge in [-0.15, -0.1) is 0 Å². The smallest absolute Gasteiger partial charge is 0.371 e. The van der Waals surface area contributed by atoms with Crippen LogP contribution in [-0.2, 0) is 6.18 Å². The van der Waals surface area contributed by atoms with Crippen LogP contribution in [0.4, 0.5) is 18.9 Å². The van der Waals surface area contributed by atoms with E-state index in [4.69, 9.17) is 0 Å². The highest BCUT2D eigenvalue weighted by molar-refractivity contribution is 7.99. The second kappa shape index (κ2) is 6.66. The fourth-order valence-electron chi connectivity index (χ4n) is 3.20. The summed E-state index contributed by atoms with van der Waals surface area (Å²) in [5.74, 6) is 2.39. The van der Waals surface area contributed by atoms with E-state index in [2.05, 4.69) is 9.88 Å². The van der Waals surface area contributed by atoms with Crippen molar-refractivity contribution in [3.8, 4) is 0 Å². The van der Waals surface area contributed by atoms with Gasteiger partial charge >= 0.3 is 6.18 Å². The third-order valence-electron chi connectivity index (χ3n) is 4.43. The van der Waals surface area contributed by atoms with Gasteiger partial charge in [-0.3, -0.25) is 9.88 Å². The molecule has 0 aromatic carbocycles. The van der Waals surface area contributed by atoms with Crippen molar-refractivity contribution in [1.29, 1.82) is 0 Å². The van der Waals surface area contributed by atoms with Gasteiger partial charge in [0.2, 0.25) is 0 Å². The molecule has 22 heavy (non-hydrogen) atoms. The van der Waals surface area contributed by atoms with Gasteiger partial charge in [-0.1, -0.05) is 0 Å². The van der Waals surface area contributed by atoms with Crippen molar-refractivity contribution in [2.45, 2.75) is 25.1 Å². The molecule has 3 rings (SSSR count). The molecule has 1 aromatic heterocycles. The Bertz CT molecular complexity index is 495. The zero-order chi connectivity index (χ0) is 15.6. The Balaban J connectivity index is 1.61. The maximum Gasteiger partial charge on any atom is 0.433 e. The first-order valence-corrected chi connectivity index (χ1v) is 8.79. The third kappa shape index (κ3) is 3.68. The van der Waals surface area contributed by atoms with Gasteiger partial charge < -0.3 is 4.90 Å². The molecule has 0 amide bonds. The summed E-state index contributed by atoms with van der Waals surface area (Å²) in [5.41, 5.74) is -0.171. The summed E-state index contributed by atoms with van der Waals surface area (Å²) >= 11 is 2.00. The van der Waals surface area contributed by atoms with Crippen LogP contribution in [0, 0.1) is 0 Å². The van der Waals surface area contributed by atoms with Crippen LogP contribution in [-0.4, -0.2) is 53.6 Å². The van der Waals surface area contributed by atoms with E-state index in [1.54, 1.807) is 6.07 Å². The predicted octanol–water partition coefficient (Wildman–Crippen LogP) is 3.12. The number of alkyl halides is 3. The largest absolute Gasteiger partial charge is 0.433 e. The third-order valence-corrected chi connectivity index (χ3v) is 5.37. The van der Waals surface area contributed by atoms with Crippen LogP contribution in [0.5, 0.6) is 0 Å². The standard InChI is InChI=1S/C15H20F3N3S/c16-15(17,18)14-11-13(1-4-19-14)20-5-2-12(3-6-20)21-7-9-22-10-8-21/h1,4,11-12H,2-3,5-10H2. The Labute approximate surface area is 132 Å². The molecule has 0 bridgehead atoms. The monoisotopic (exact) mass is 331 g/mol. The van der Waals surface area contributed by atoms with E-state index in [1.807, 2.05) is 16.7 Å². The number of pyridine rings is 1. The zero-order valence-corrected chi connectivity index (χ0v) is 13.2. The molecule has 2 aliphatic heterocycles.